The lowest BCUT2D eigenvalue weighted by atomic mass is 9.75. The van der Waals surface area contributed by atoms with Crippen molar-refractivity contribution in [2.45, 2.75) is 51.6 Å². The average molecular weight is 483 g/mol. The Labute approximate surface area is 205 Å². The van der Waals surface area contributed by atoms with Gasteiger partial charge in [-0.05, 0) is 51.3 Å². The second-order valence-electron chi connectivity index (χ2n) is 9.08. The molecule has 1 N–H and O–H groups in total. The van der Waals surface area contributed by atoms with Crippen LogP contribution in [0.5, 0.6) is 5.75 Å². The summed E-state index contributed by atoms with van der Waals surface area (Å²) in [5, 5.41) is 3.11. The van der Waals surface area contributed by atoms with E-state index in [9.17, 15) is 9.59 Å². The van der Waals surface area contributed by atoms with Crippen LogP contribution in [0.25, 0.3) is 0 Å². The fourth-order valence-corrected chi connectivity index (χ4v) is 5.95. The van der Waals surface area contributed by atoms with Gasteiger partial charge in [-0.15, -0.1) is 11.3 Å². The third-order valence-electron chi connectivity index (χ3n) is 7.17. The molecule has 3 amide bonds. The van der Waals surface area contributed by atoms with Crippen molar-refractivity contribution in [1.29, 1.82) is 0 Å². The number of piperidine rings is 1. The molecule has 0 saturated carbocycles. The normalized spacial score (nSPS) is 21.6. The number of hydrogen-bond donors (Lipinski definition) is 1. The molecule has 3 heterocycles. The van der Waals surface area contributed by atoms with Crippen LogP contribution in [0, 0.1) is 12.8 Å². The monoisotopic (exact) mass is 482 g/mol. The summed E-state index contributed by atoms with van der Waals surface area (Å²) in [7, 11) is 0. The van der Waals surface area contributed by atoms with E-state index in [2.05, 4.69) is 27.8 Å². The van der Waals surface area contributed by atoms with Crippen molar-refractivity contribution in [3.05, 3.63) is 58.6 Å². The summed E-state index contributed by atoms with van der Waals surface area (Å²) in [6.07, 6.45) is 4.76. The highest BCUT2D eigenvalue weighted by atomic mass is 32.1. The molecule has 1 aromatic carbocycles. The Morgan fingerprint density at radius 3 is 2.74 bits per heavy atom. The van der Waals surface area contributed by atoms with E-state index in [-0.39, 0.29) is 17.9 Å². The summed E-state index contributed by atoms with van der Waals surface area (Å²) < 4.78 is 5.81. The quantitative estimate of drug-likeness (QED) is 0.406. The van der Waals surface area contributed by atoms with Crippen LogP contribution in [-0.2, 0) is 17.8 Å². The summed E-state index contributed by atoms with van der Waals surface area (Å²) in [5.74, 6) is 0.955. The standard InChI is InChI=1S/C26H34N4O3S/c1-4-16-33-22-9-7-6-8-20(22)17-29-13-10-21(11-14-29)26(5-2)24(31)30(25(32)28-26)15-12-23-19(3)27-18-34-23/h4,6-9,18,21H,1,5,10-17H2,2-3H3,(H,28,32). The maximum absolute atomic E-state index is 13.5. The van der Waals surface area contributed by atoms with Crippen LogP contribution in [0.1, 0.15) is 42.3 Å². The number of ether oxygens (including phenoxy) is 1. The van der Waals surface area contributed by atoms with Gasteiger partial charge in [0.2, 0.25) is 0 Å². The lowest BCUT2D eigenvalue weighted by molar-refractivity contribution is -0.134. The van der Waals surface area contributed by atoms with Gasteiger partial charge in [-0.2, -0.15) is 0 Å². The van der Waals surface area contributed by atoms with Crippen LogP contribution in [0.2, 0.25) is 0 Å². The number of rotatable bonds is 10. The summed E-state index contributed by atoms with van der Waals surface area (Å²) in [6.45, 7) is 11.2. The van der Waals surface area contributed by atoms with Gasteiger partial charge in [0.25, 0.3) is 5.91 Å². The van der Waals surface area contributed by atoms with Crippen molar-refractivity contribution in [2.75, 3.05) is 26.2 Å². The zero-order valence-electron chi connectivity index (χ0n) is 20.1. The number of hydrogen-bond acceptors (Lipinski definition) is 6. The number of aromatic nitrogens is 1. The molecule has 2 aromatic rings. The average Bonchev–Trinajstić information content (AvgIpc) is 3.37. The molecular weight excluding hydrogens is 448 g/mol. The van der Waals surface area contributed by atoms with Gasteiger partial charge in [-0.3, -0.25) is 14.6 Å². The van der Waals surface area contributed by atoms with Gasteiger partial charge < -0.3 is 10.1 Å². The van der Waals surface area contributed by atoms with Gasteiger partial charge in [0, 0.05) is 30.0 Å². The predicted molar refractivity (Wildman–Crippen MR) is 134 cm³/mol. The first-order chi connectivity index (χ1) is 16.5. The first kappa shape index (κ1) is 24.4. The maximum Gasteiger partial charge on any atom is 0.325 e. The number of benzene rings is 1. The Hall–Kier alpha value is -2.71. The van der Waals surface area contributed by atoms with Gasteiger partial charge >= 0.3 is 6.03 Å². The first-order valence-electron chi connectivity index (χ1n) is 12.1. The molecule has 2 aliphatic heterocycles. The Balaban J connectivity index is 1.38. The van der Waals surface area contributed by atoms with Crippen molar-refractivity contribution < 1.29 is 14.3 Å². The number of likely N-dealkylation sites (tertiary alicyclic amines) is 1. The van der Waals surface area contributed by atoms with Crippen LogP contribution in [-0.4, -0.2) is 58.5 Å². The number of nitrogens with zero attached hydrogens (tertiary/aromatic N) is 3. The van der Waals surface area contributed by atoms with Gasteiger partial charge in [-0.1, -0.05) is 37.8 Å². The van der Waals surface area contributed by atoms with Crippen LogP contribution in [0.4, 0.5) is 4.79 Å². The van der Waals surface area contributed by atoms with Crippen LogP contribution >= 0.6 is 11.3 Å². The molecule has 4 rings (SSSR count). The Bertz CT molecular complexity index is 1030. The molecule has 2 aliphatic rings. The highest BCUT2D eigenvalue weighted by molar-refractivity contribution is 7.09. The molecule has 8 heteroatoms. The molecule has 182 valence electrons. The lowest BCUT2D eigenvalue weighted by Gasteiger charge is -2.40. The molecule has 7 nitrogen and oxygen atoms in total. The third kappa shape index (κ3) is 4.88. The summed E-state index contributed by atoms with van der Waals surface area (Å²) in [4.78, 5) is 35.6. The highest BCUT2D eigenvalue weighted by Gasteiger charge is 2.54. The van der Waals surface area contributed by atoms with Crippen LogP contribution in [0.15, 0.2) is 42.4 Å². The lowest BCUT2D eigenvalue weighted by Crippen LogP contribution is -2.55. The van der Waals surface area contributed by atoms with E-state index in [1.165, 1.54) is 4.90 Å². The molecule has 1 aromatic heterocycles. The maximum atomic E-state index is 13.5. The molecule has 34 heavy (non-hydrogen) atoms. The first-order valence-corrected chi connectivity index (χ1v) is 12.9. The van der Waals surface area contributed by atoms with Crippen molar-refractivity contribution in [3.63, 3.8) is 0 Å². The largest absolute Gasteiger partial charge is 0.489 e. The van der Waals surface area contributed by atoms with E-state index in [0.29, 0.717) is 26.0 Å². The zero-order valence-corrected chi connectivity index (χ0v) is 20.9. The van der Waals surface area contributed by atoms with Crippen molar-refractivity contribution in [1.82, 2.24) is 20.1 Å². The van der Waals surface area contributed by atoms with E-state index < -0.39 is 5.54 Å². The fraction of sp³-hybridized carbons (Fsp3) is 0.500. The minimum Gasteiger partial charge on any atom is -0.489 e. The molecule has 0 aliphatic carbocycles. The predicted octanol–water partition coefficient (Wildman–Crippen LogP) is 4.17. The molecule has 1 unspecified atom stereocenters. The van der Waals surface area contributed by atoms with Crippen molar-refractivity contribution >= 4 is 23.3 Å². The fourth-order valence-electron chi connectivity index (χ4n) is 5.18. The smallest absolute Gasteiger partial charge is 0.325 e. The summed E-state index contributed by atoms with van der Waals surface area (Å²) in [5.41, 5.74) is 3.15. The van der Waals surface area contributed by atoms with Gasteiger partial charge in [0.15, 0.2) is 0 Å². The minimum absolute atomic E-state index is 0.0659. The molecule has 1 atom stereocenters. The molecule has 0 bridgehead atoms. The van der Waals surface area contributed by atoms with Crippen LogP contribution < -0.4 is 10.1 Å². The molecule has 0 radical (unpaired) electrons. The Kier molecular flexibility index (Phi) is 7.68. The Morgan fingerprint density at radius 1 is 1.29 bits per heavy atom. The SMILES string of the molecule is C=CCOc1ccccc1CN1CCC(C2(CC)NC(=O)N(CCc3scnc3C)C2=O)CC1. The number of para-hydroxylation sites is 1. The summed E-state index contributed by atoms with van der Waals surface area (Å²) >= 11 is 1.58. The molecular formula is C26H34N4O3S. The number of amides is 3. The second-order valence-corrected chi connectivity index (χ2v) is 10.0. The van der Waals surface area contributed by atoms with Gasteiger partial charge in [0.1, 0.15) is 17.9 Å². The second kappa shape index (κ2) is 10.7. The van der Waals surface area contributed by atoms with Crippen molar-refractivity contribution in [3.8, 4) is 5.75 Å². The number of aryl methyl sites for hydroxylation is 1. The number of nitrogens with one attached hydrogen (secondary N) is 1. The van der Waals surface area contributed by atoms with Gasteiger partial charge in [0.05, 0.1) is 11.2 Å². The van der Waals surface area contributed by atoms with Crippen molar-refractivity contribution in [2.24, 2.45) is 5.92 Å². The zero-order chi connectivity index (χ0) is 24.1. The van der Waals surface area contributed by atoms with E-state index in [1.54, 1.807) is 17.4 Å². The number of imide groups is 1. The van der Waals surface area contributed by atoms with Gasteiger partial charge in [-0.25, -0.2) is 9.78 Å². The van der Waals surface area contributed by atoms with E-state index >= 15 is 0 Å². The summed E-state index contributed by atoms with van der Waals surface area (Å²) in [6, 6.07) is 7.85. The number of carbonyl (C=O) groups excluding carboxylic acids is 2. The van der Waals surface area contributed by atoms with E-state index in [4.69, 9.17) is 4.74 Å². The van der Waals surface area contributed by atoms with E-state index in [0.717, 1.165) is 54.4 Å². The van der Waals surface area contributed by atoms with E-state index in [1.807, 2.05) is 37.6 Å². The number of thiazole rings is 1. The molecule has 0 spiro atoms. The Morgan fingerprint density at radius 2 is 2.06 bits per heavy atom. The molecule has 2 fully saturated rings. The number of carbonyl (C=O) groups is 2. The third-order valence-corrected chi connectivity index (χ3v) is 8.17. The number of urea groups is 1. The molecule has 2 saturated heterocycles. The highest BCUT2D eigenvalue weighted by Crippen LogP contribution is 2.37. The van der Waals surface area contributed by atoms with Crippen LogP contribution in [0.3, 0.4) is 0 Å². The minimum atomic E-state index is -0.795. The topological polar surface area (TPSA) is 74.8 Å².